The van der Waals surface area contributed by atoms with E-state index in [0.29, 0.717) is 11.6 Å². The summed E-state index contributed by atoms with van der Waals surface area (Å²) in [6.45, 7) is 6.50. The van der Waals surface area contributed by atoms with E-state index >= 15 is 0 Å². The molecule has 2 aromatic heterocycles. The van der Waals surface area contributed by atoms with Crippen LogP contribution in [0.4, 0.5) is 0 Å². The summed E-state index contributed by atoms with van der Waals surface area (Å²) >= 11 is 0. The number of ether oxygens (including phenoxy) is 1. The molecule has 0 aromatic carbocycles. The van der Waals surface area contributed by atoms with Crippen LogP contribution in [0.15, 0.2) is 29.3 Å². The van der Waals surface area contributed by atoms with Crippen molar-refractivity contribution < 1.29 is 9.15 Å². The number of rotatable bonds is 3. The summed E-state index contributed by atoms with van der Waals surface area (Å²) in [5.41, 5.74) is -0.0406. The van der Waals surface area contributed by atoms with Crippen molar-refractivity contribution in [3.8, 4) is 5.75 Å². The second kappa shape index (κ2) is 4.53. The highest BCUT2D eigenvalue weighted by atomic mass is 16.5. The van der Waals surface area contributed by atoms with Crippen LogP contribution in [0, 0.1) is 0 Å². The molecule has 0 fully saturated rings. The van der Waals surface area contributed by atoms with Crippen molar-refractivity contribution in [3.05, 3.63) is 36.6 Å². The van der Waals surface area contributed by atoms with Gasteiger partial charge in [0.2, 0.25) is 5.89 Å². The van der Waals surface area contributed by atoms with E-state index in [1.54, 1.807) is 18.6 Å². The van der Waals surface area contributed by atoms with Gasteiger partial charge in [0.15, 0.2) is 12.4 Å². The van der Waals surface area contributed by atoms with Crippen LogP contribution in [0.25, 0.3) is 0 Å². The monoisotopic (exact) mass is 233 g/mol. The van der Waals surface area contributed by atoms with Crippen LogP contribution in [0.5, 0.6) is 5.75 Å². The van der Waals surface area contributed by atoms with Crippen molar-refractivity contribution in [3.63, 3.8) is 0 Å². The summed E-state index contributed by atoms with van der Waals surface area (Å²) in [6, 6.07) is 0. The predicted molar refractivity (Wildman–Crippen MR) is 61.6 cm³/mol. The second-order valence-electron chi connectivity index (χ2n) is 4.73. The number of hydrogen-bond acceptors (Lipinski definition) is 5. The van der Waals surface area contributed by atoms with E-state index in [1.165, 1.54) is 6.33 Å². The fourth-order valence-corrected chi connectivity index (χ4v) is 1.23. The summed E-state index contributed by atoms with van der Waals surface area (Å²) in [7, 11) is 0. The number of hydrogen-bond donors (Lipinski definition) is 0. The highest BCUT2D eigenvalue weighted by molar-refractivity contribution is 5.10. The molecule has 0 aliphatic rings. The van der Waals surface area contributed by atoms with Crippen molar-refractivity contribution >= 4 is 0 Å². The van der Waals surface area contributed by atoms with Crippen LogP contribution in [0.2, 0.25) is 0 Å². The maximum absolute atomic E-state index is 5.59. The van der Waals surface area contributed by atoms with Gasteiger partial charge in [-0.05, 0) is 0 Å². The molecule has 2 aromatic rings. The Labute approximate surface area is 99.9 Å². The third kappa shape index (κ3) is 3.03. The van der Waals surface area contributed by atoms with Crippen molar-refractivity contribution in [2.75, 3.05) is 0 Å². The van der Waals surface area contributed by atoms with E-state index in [-0.39, 0.29) is 12.0 Å². The fraction of sp³-hybridized carbons (Fsp3) is 0.417. The molecule has 5 nitrogen and oxygen atoms in total. The van der Waals surface area contributed by atoms with Gasteiger partial charge in [-0.15, -0.1) is 0 Å². The second-order valence-corrected chi connectivity index (χ2v) is 4.73. The zero-order chi connectivity index (χ0) is 12.3. The van der Waals surface area contributed by atoms with Crippen LogP contribution in [0.1, 0.15) is 32.4 Å². The zero-order valence-electron chi connectivity index (χ0n) is 10.2. The molecule has 2 rings (SSSR count). The fourth-order valence-electron chi connectivity index (χ4n) is 1.23. The third-order valence-corrected chi connectivity index (χ3v) is 2.19. The maximum atomic E-state index is 5.59. The standard InChI is InChI=1S/C12H15N3O2/c1-12(2,3)10-6-15-11(17-10)7-16-9-4-13-8-14-5-9/h4-6,8H,7H2,1-3H3. The van der Waals surface area contributed by atoms with E-state index in [0.717, 1.165) is 5.76 Å². The lowest BCUT2D eigenvalue weighted by Gasteiger charge is -2.13. The van der Waals surface area contributed by atoms with Crippen molar-refractivity contribution in [1.82, 2.24) is 15.0 Å². The molecular weight excluding hydrogens is 218 g/mol. The first-order valence-electron chi connectivity index (χ1n) is 5.39. The summed E-state index contributed by atoms with van der Waals surface area (Å²) in [5, 5.41) is 0. The Bertz CT molecular complexity index is 474. The topological polar surface area (TPSA) is 61.0 Å². The molecule has 2 heterocycles. The Hall–Kier alpha value is -1.91. The molecule has 0 aliphatic carbocycles. The summed E-state index contributed by atoms with van der Waals surface area (Å²) in [6.07, 6.45) is 6.39. The van der Waals surface area contributed by atoms with Gasteiger partial charge in [-0.25, -0.2) is 15.0 Å². The van der Waals surface area contributed by atoms with Gasteiger partial charge in [0.1, 0.15) is 12.1 Å². The molecule has 0 unspecified atom stereocenters. The van der Waals surface area contributed by atoms with E-state index in [2.05, 4.69) is 35.7 Å². The molecule has 5 heteroatoms. The van der Waals surface area contributed by atoms with Crippen LogP contribution in [0.3, 0.4) is 0 Å². The quantitative estimate of drug-likeness (QED) is 0.814. The molecule has 0 N–H and O–H groups in total. The first-order valence-corrected chi connectivity index (χ1v) is 5.39. The van der Waals surface area contributed by atoms with Gasteiger partial charge >= 0.3 is 0 Å². The molecule has 0 saturated carbocycles. The van der Waals surface area contributed by atoms with Crippen molar-refractivity contribution in [1.29, 1.82) is 0 Å². The number of oxazole rings is 1. The Kier molecular flexibility index (Phi) is 3.08. The van der Waals surface area contributed by atoms with E-state index in [1.807, 2.05) is 0 Å². The van der Waals surface area contributed by atoms with E-state index in [9.17, 15) is 0 Å². The molecule has 0 bridgehead atoms. The minimum atomic E-state index is -0.0406. The molecule has 0 aliphatic heterocycles. The minimum Gasteiger partial charge on any atom is -0.481 e. The van der Waals surface area contributed by atoms with E-state index in [4.69, 9.17) is 9.15 Å². The first kappa shape index (κ1) is 11.6. The van der Waals surface area contributed by atoms with Crippen molar-refractivity contribution in [2.45, 2.75) is 32.8 Å². The van der Waals surface area contributed by atoms with Gasteiger partial charge < -0.3 is 9.15 Å². The Morgan fingerprint density at radius 2 is 1.88 bits per heavy atom. The average molecular weight is 233 g/mol. The molecule has 0 saturated heterocycles. The Morgan fingerprint density at radius 1 is 1.18 bits per heavy atom. The van der Waals surface area contributed by atoms with Gasteiger partial charge in [0.05, 0.1) is 18.6 Å². The molecule has 17 heavy (non-hydrogen) atoms. The lowest BCUT2D eigenvalue weighted by atomic mass is 9.94. The summed E-state index contributed by atoms with van der Waals surface area (Å²) < 4.78 is 11.0. The van der Waals surface area contributed by atoms with Gasteiger partial charge in [0, 0.05) is 5.41 Å². The molecule has 0 spiro atoms. The molecule has 0 amide bonds. The highest BCUT2D eigenvalue weighted by Gasteiger charge is 2.19. The maximum Gasteiger partial charge on any atom is 0.232 e. The molecular formula is C12H15N3O2. The normalized spacial score (nSPS) is 11.5. The number of aromatic nitrogens is 3. The lowest BCUT2D eigenvalue weighted by molar-refractivity contribution is 0.250. The third-order valence-electron chi connectivity index (χ3n) is 2.19. The van der Waals surface area contributed by atoms with Gasteiger partial charge in [-0.2, -0.15) is 0 Å². The largest absolute Gasteiger partial charge is 0.481 e. The summed E-state index contributed by atoms with van der Waals surface area (Å²) in [4.78, 5) is 11.9. The predicted octanol–water partition coefficient (Wildman–Crippen LogP) is 2.34. The van der Waals surface area contributed by atoms with Crippen molar-refractivity contribution in [2.24, 2.45) is 0 Å². The minimum absolute atomic E-state index is 0.0406. The van der Waals surface area contributed by atoms with Gasteiger partial charge in [-0.3, -0.25) is 0 Å². The van der Waals surface area contributed by atoms with Crippen LogP contribution >= 0.6 is 0 Å². The SMILES string of the molecule is CC(C)(C)c1cnc(COc2cncnc2)o1. The highest BCUT2D eigenvalue weighted by Crippen LogP contribution is 2.23. The molecule has 0 radical (unpaired) electrons. The molecule has 90 valence electrons. The Balaban J connectivity index is 1.99. The van der Waals surface area contributed by atoms with E-state index < -0.39 is 0 Å². The Morgan fingerprint density at radius 3 is 2.47 bits per heavy atom. The molecule has 0 atom stereocenters. The average Bonchev–Trinajstić information content (AvgIpc) is 2.76. The zero-order valence-corrected chi connectivity index (χ0v) is 10.2. The summed E-state index contributed by atoms with van der Waals surface area (Å²) in [5.74, 6) is 2.00. The van der Waals surface area contributed by atoms with Gasteiger partial charge in [0.25, 0.3) is 0 Å². The van der Waals surface area contributed by atoms with Crippen LogP contribution in [-0.4, -0.2) is 15.0 Å². The van der Waals surface area contributed by atoms with Crippen LogP contribution < -0.4 is 4.74 Å². The van der Waals surface area contributed by atoms with Gasteiger partial charge in [-0.1, -0.05) is 20.8 Å². The van der Waals surface area contributed by atoms with Crippen LogP contribution in [-0.2, 0) is 12.0 Å². The number of nitrogens with zero attached hydrogens (tertiary/aromatic N) is 3. The smallest absolute Gasteiger partial charge is 0.232 e. The lowest BCUT2D eigenvalue weighted by Crippen LogP contribution is -2.09. The first-order chi connectivity index (χ1) is 8.05.